The summed E-state index contributed by atoms with van der Waals surface area (Å²) in [5.41, 5.74) is 10.8. The number of ether oxygens (including phenoxy) is 1. The van der Waals surface area contributed by atoms with E-state index in [1.165, 1.54) is 33.5 Å². The van der Waals surface area contributed by atoms with Crippen molar-refractivity contribution in [2.24, 2.45) is 7.05 Å². The van der Waals surface area contributed by atoms with E-state index in [2.05, 4.69) is 144 Å². The fraction of sp³-hybridized carbons (Fsp3) is 0.143. The maximum Gasteiger partial charge on any atom is 0.152 e. The lowest BCUT2D eigenvalue weighted by molar-refractivity contribution is 0.419. The second-order valence-corrected chi connectivity index (χ2v) is 10.5. The summed E-state index contributed by atoms with van der Waals surface area (Å²) in [6.07, 6.45) is 15.1. The molecule has 4 heteroatoms. The topological polar surface area (TPSA) is 20.6 Å². The second-order valence-electron chi connectivity index (χ2n) is 10.5. The van der Waals surface area contributed by atoms with Gasteiger partial charge in [0.05, 0.1) is 11.4 Å². The average Bonchev–Trinajstić information content (AvgIpc) is 3.42. The van der Waals surface area contributed by atoms with Gasteiger partial charge in [0.1, 0.15) is 5.76 Å². The molecule has 1 aliphatic carbocycles. The molecule has 3 aromatic carbocycles. The number of aryl methyl sites for hydroxylation is 1. The molecule has 4 aromatic rings. The predicted molar refractivity (Wildman–Crippen MR) is 160 cm³/mol. The van der Waals surface area contributed by atoms with Gasteiger partial charge in [-0.15, -0.1) is 0 Å². The second kappa shape index (κ2) is 9.55. The number of aromatic nitrogens is 1. The molecule has 3 aliphatic rings. The van der Waals surface area contributed by atoms with Crippen molar-refractivity contribution >= 4 is 11.4 Å². The van der Waals surface area contributed by atoms with Gasteiger partial charge in [-0.3, -0.25) is 0 Å². The summed E-state index contributed by atoms with van der Waals surface area (Å²) >= 11 is 0. The Morgan fingerprint density at radius 3 is 2.31 bits per heavy atom. The van der Waals surface area contributed by atoms with E-state index in [0.717, 1.165) is 47.8 Å². The molecule has 0 saturated carbocycles. The molecule has 192 valence electrons. The van der Waals surface area contributed by atoms with E-state index >= 15 is 0 Å². The third-order valence-electron chi connectivity index (χ3n) is 7.79. The highest BCUT2D eigenvalue weighted by molar-refractivity contribution is 5.81. The van der Waals surface area contributed by atoms with Gasteiger partial charge in [0, 0.05) is 38.7 Å². The monoisotopic (exact) mass is 509 g/mol. The Kier molecular flexibility index (Phi) is 5.74. The molecule has 0 N–H and O–H groups in total. The van der Waals surface area contributed by atoms with Crippen LogP contribution in [0.5, 0.6) is 5.75 Å². The normalized spacial score (nSPS) is 16.4. The average molecular weight is 510 g/mol. The Bertz CT molecular complexity index is 1670. The fourth-order valence-electron chi connectivity index (χ4n) is 5.67. The van der Waals surface area contributed by atoms with Gasteiger partial charge in [-0.25, -0.2) is 0 Å². The summed E-state index contributed by atoms with van der Waals surface area (Å²) in [7, 11) is 4.16. The van der Waals surface area contributed by atoms with Gasteiger partial charge in [-0.1, -0.05) is 54.6 Å². The summed E-state index contributed by atoms with van der Waals surface area (Å²) in [6, 6.07) is 28.2. The summed E-state index contributed by atoms with van der Waals surface area (Å²) in [4.78, 5) is 4.58. The molecule has 4 nitrogen and oxygen atoms in total. The lowest BCUT2D eigenvalue weighted by Crippen LogP contribution is -2.26. The minimum absolute atomic E-state index is 0.882. The summed E-state index contributed by atoms with van der Waals surface area (Å²) in [5, 5.41) is 0. The Hall–Kier alpha value is -4.70. The zero-order valence-electron chi connectivity index (χ0n) is 22.3. The van der Waals surface area contributed by atoms with Crippen molar-refractivity contribution in [1.82, 2.24) is 9.47 Å². The first-order valence-corrected chi connectivity index (χ1v) is 13.5. The Morgan fingerprint density at radius 1 is 0.769 bits per heavy atom. The van der Waals surface area contributed by atoms with E-state index < -0.39 is 0 Å². The molecule has 0 spiro atoms. The highest BCUT2D eigenvalue weighted by Gasteiger charge is 2.30. The van der Waals surface area contributed by atoms with Crippen molar-refractivity contribution in [3.8, 4) is 28.0 Å². The van der Waals surface area contributed by atoms with E-state index in [-0.39, 0.29) is 0 Å². The predicted octanol–water partition coefficient (Wildman–Crippen LogP) is 8.21. The number of allylic oxidation sites excluding steroid dienone is 5. The first kappa shape index (κ1) is 23.4. The van der Waals surface area contributed by atoms with Crippen LogP contribution in [-0.4, -0.2) is 23.1 Å². The van der Waals surface area contributed by atoms with Gasteiger partial charge in [-0.05, 0) is 94.9 Å². The number of benzene rings is 3. The van der Waals surface area contributed by atoms with Crippen LogP contribution >= 0.6 is 0 Å². The minimum Gasteiger partial charge on any atom is -0.453 e. The van der Waals surface area contributed by atoms with Crippen molar-refractivity contribution in [2.45, 2.75) is 12.8 Å². The van der Waals surface area contributed by atoms with Crippen LogP contribution in [0.25, 0.3) is 22.3 Å². The summed E-state index contributed by atoms with van der Waals surface area (Å²) in [5.74, 6) is 1.82. The van der Waals surface area contributed by atoms with Crippen LogP contribution in [-0.2, 0) is 7.05 Å². The van der Waals surface area contributed by atoms with Crippen molar-refractivity contribution in [3.63, 3.8) is 0 Å². The molecule has 39 heavy (non-hydrogen) atoms. The van der Waals surface area contributed by atoms with Crippen LogP contribution in [0.1, 0.15) is 12.8 Å². The molecule has 1 aromatic heterocycles. The number of rotatable bonds is 4. The van der Waals surface area contributed by atoms with E-state index in [1.54, 1.807) is 0 Å². The molecular formula is C35H31N3O. The molecule has 0 saturated heterocycles. The SMILES string of the molecule is CN1C=CC(C2=CC3=C(CC2)N(c2ccc(-c4ccccc4)cc2)c2ccc(-c4ccn(C)c4)cc2O3)=CC1. The first-order chi connectivity index (χ1) is 19.1. The summed E-state index contributed by atoms with van der Waals surface area (Å²) in [6.45, 7) is 0.930. The number of likely N-dealkylation sites (N-methyl/N-ethyl adjacent to an activating group) is 1. The first-order valence-electron chi connectivity index (χ1n) is 13.5. The third kappa shape index (κ3) is 4.38. The standard InChI is InChI=1S/C35H31N3O/c1-36-19-16-27(17-20-36)28-10-14-32-34(22-28)39-35-23-29(30-18-21-37(2)24-30)11-15-33(35)38(32)31-12-8-26(9-13-31)25-6-4-3-5-7-25/h3-9,11-13,15-19,21-24H,10,14,20H2,1-2H3. The third-order valence-corrected chi connectivity index (χ3v) is 7.79. The largest absolute Gasteiger partial charge is 0.453 e. The van der Waals surface area contributed by atoms with E-state index in [4.69, 9.17) is 4.74 Å². The summed E-state index contributed by atoms with van der Waals surface area (Å²) < 4.78 is 8.76. The quantitative estimate of drug-likeness (QED) is 0.277. The molecule has 0 fully saturated rings. The lowest BCUT2D eigenvalue weighted by atomic mass is 9.91. The van der Waals surface area contributed by atoms with Crippen LogP contribution in [0, 0.1) is 0 Å². The highest BCUT2D eigenvalue weighted by Crippen LogP contribution is 2.48. The smallest absolute Gasteiger partial charge is 0.152 e. The fourth-order valence-corrected chi connectivity index (χ4v) is 5.67. The zero-order valence-corrected chi connectivity index (χ0v) is 22.3. The molecule has 0 bridgehead atoms. The molecule has 0 radical (unpaired) electrons. The molecular weight excluding hydrogens is 478 g/mol. The van der Waals surface area contributed by atoms with Crippen LogP contribution < -0.4 is 9.64 Å². The van der Waals surface area contributed by atoms with Crippen LogP contribution in [0.3, 0.4) is 0 Å². The van der Waals surface area contributed by atoms with Crippen LogP contribution in [0.4, 0.5) is 11.4 Å². The maximum atomic E-state index is 6.68. The molecule has 7 rings (SSSR count). The molecule has 2 aliphatic heterocycles. The van der Waals surface area contributed by atoms with Crippen LogP contribution in [0.2, 0.25) is 0 Å². The number of hydrogen-bond acceptors (Lipinski definition) is 3. The van der Waals surface area contributed by atoms with Crippen molar-refractivity contribution in [1.29, 1.82) is 0 Å². The minimum atomic E-state index is 0.882. The molecule has 0 atom stereocenters. The van der Waals surface area contributed by atoms with Gasteiger partial charge in [0.2, 0.25) is 0 Å². The van der Waals surface area contributed by atoms with Crippen LogP contribution in [0.15, 0.2) is 138 Å². The van der Waals surface area contributed by atoms with Gasteiger partial charge < -0.3 is 19.1 Å². The van der Waals surface area contributed by atoms with Crippen molar-refractivity contribution in [3.05, 3.63) is 138 Å². The van der Waals surface area contributed by atoms with E-state index in [0.29, 0.717) is 0 Å². The molecule has 0 amide bonds. The Balaban J connectivity index is 1.32. The van der Waals surface area contributed by atoms with E-state index in [1.807, 2.05) is 0 Å². The molecule has 0 unspecified atom stereocenters. The molecule has 3 heterocycles. The van der Waals surface area contributed by atoms with Crippen molar-refractivity contribution in [2.75, 3.05) is 18.5 Å². The van der Waals surface area contributed by atoms with Crippen molar-refractivity contribution < 1.29 is 4.74 Å². The Morgan fingerprint density at radius 2 is 1.56 bits per heavy atom. The van der Waals surface area contributed by atoms with Gasteiger partial charge in [-0.2, -0.15) is 0 Å². The number of anilines is 2. The lowest BCUT2D eigenvalue weighted by Gasteiger charge is -2.37. The van der Waals surface area contributed by atoms with Gasteiger partial charge in [0.25, 0.3) is 0 Å². The van der Waals surface area contributed by atoms with Gasteiger partial charge >= 0.3 is 0 Å². The zero-order chi connectivity index (χ0) is 26.3. The highest BCUT2D eigenvalue weighted by atomic mass is 16.5. The Labute approximate surface area is 230 Å². The van der Waals surface area contributed by atoms with Gasteiger partial charge in [0.15, 0.2) is 5.75 Å². The number of nitrogens with zero attached hydrogens (tertiary/aromatic N) is 3. The van der Waals surface area contributed by atoms with E-state index in [9.17, 15) is 0 Å². The maximum absolute atomic E-state index is 6.68. The number of fused-ring (bicyclic) bond motifs is 1. The number of hydrogen-bond donors (Lipinski definition) is 0.